The number of ether oxygens (including phenoxy) is 1. The molecule has 0 saturated carbocycles. The summed E-state index contributed by atoms with van der Waals surface area (Å²) in [4.78, 5) is 41.4. The first-order valence-corrected chi connectivity index (χ1v) is 11.8. The van der Waals surface area contributed by atoms with Gasteiger partial charge in [0.05, 0.1) is 17.2 Å². The summed E-state index contributed by atoms with van der Waals surface area (Å²) in [6, 6.07) is 8.36. The van der Waals surface area contributed by atoms with Crippen molar-refractivity contribution in [1.82, 2.24) is 24.6 Å². The van der Waals surface area contributed by atoms with E-state index in [2.05, 4.69) is 15.4 Å². The van der Waals surface area contributed by atoms with Crippen LogP contribution in [0.5, 0.6) is 0 Å². The summed E-state index contributed by atoms with van der Waals surface area (Å²) in [5, 5.41) is 6.93. The van der Waals surface area contributed by atoms with Crippen LogP contribution in [-0.4, -0.2) is 51.2 Å². The van der Waals surface area contributed by atoms with Crippen molar-refractivity contribution < 1.29 is 22.7 Å². The Kier molecular flexibility index (Phi) is 7.72. The molecular weight excluding hydrogens is 538 g/mol. The number of rotatable bonds is 6. The van der Waals surface area contributed by atoms with E-state index in [0.717, 1.165) is 30.7 Å². The van der Waals surface area contributed by atoms with Gasteiger partial charge in [0.25, 0.3) is 11.5 Å². The van der Waals surface area contributed by atoms with Gasteiger partial charge in [0.2, 0.25) is 0 Å². The molecule has 1 aliphatic rings. The second kappa shape index (κ2) is 10.6. The van der Waals surface area contributed by atoms with Crippen LogP contribution in [0.4, 0.5) is 13.2 Å². The van der Waals surface area contributed by atoms with E-state index >= 15 is 0 Å². The molecule has 3 aromatic rings. The lowest BCUT2D eigenvalue weighted by Crippen LogP contribution is -2.46. The van der Waals surface area contributed by atoms with Gasteiger partial charge in [0.15, 0.2) is 5.82 Å². The van der Waals surface area contributed by atoms with Crippen LogP contribution in [0, 0.1) is 0 Å². The summed E-state index contributed by atoms with van der Waals surface area (Å²) in [6.45, 7) is -0.648. The van der Waals surface area contributed by atoms with E-state index in [4.69, 9.17) is 27.9 Å². The predicted molar refractivity (Wildman–Crippen MR) is 128 cm³/mol. The molecule has 3 heterocycles. The van der Waals surface area contributed by atoms with Gasteiger partial charge in [-0.2, -0.15) is 23.0 Å². The fraction of sp³-hybridized carbons (Fsp3) is 0.348. The SMILES string of the molecule is O=C(NCC1(c2ccc(Cl)cc2)CCCOC1)c1cc(-n2ncc(=O)n(CC(F)(F)F)c2=O)ncc1Cl. The first-order chi connectivity index (χ1) is 17.5. The molecule has 14 heteroatoms. The molecular formula is C23H20Cl2F3N5O4. The summed E-state index contributed by atoms with van der Waals surface area (Å²) in [6.07, 6.45) is -1.67. The molecule has 0 bridgehead atoms. The lowest BCUT2D eigenvalue weighted by atomic mass is 9.76. The summed E-state index contributed by atoms with van der Waals surface area (Å²) in [7, 11) is 0. The zero-order valence-corrected chi connectivity index (χ0v) is 20.6. The molecule has 1 amide bonds. The third kappa shape index (κ3) is 6.03. The maximum absolute atomic E-state index is 13.1. The molecule has 1 atom stereocenters. The van der Waals surface area contributed by atoms with Crippen molar-refractivity contribution >= 4 is 29.1 Å². The number of carbonyl (C=O) groups is 1. The molecule has 1 aromatic carbocycles. The molecule has 1 N–H and O–H groups in total. The van der Waals surface area contributed by atoms with Crippen molar-refractivity contribution in [2.45, 2.75) is 31.0 Å². The van der Waals surface area contributed by atoms with Crippen molar-refractivity contribution in [3.8, 4) is 5.82 Å². The van der Waals surface area contributed by atoms with Crippen LogP contribution in [0.3, 0.4) is 0 Å². The van der Waals surface area contributed by atoms with Crippen LogP contribution in [0.15, 0.2) is 52.3 Å². The second-order valence-electron chi connectivity index (χ2n) is 8.53. The van der Waals surface area contributed by atoms with E-state index in [1.54, 1.807) is 12.1 Å². The first kappa shape index (κ1) is 26.8. The third-order valence-electron chi connectivity index (χ3n) is 5.97. The number of aromatic nitrogens is 4. The van der Waals surface area contributed by atoms with Crippen LogP contribution < -0.4 is 16.6 Å². The van der Waals surface area contributed by atoms with E-state index in [-0.39, 0.29) is 27.5 Å². The molecule has 0 spiro atoms. The number of benzene rings is 1. The molecule has 1 aliphatic heterocycles. The molecule has 2 aromatic heterocycles. The molecule has 1 unspecified atom stereocenters. The summed E-state index contributed by atoms with van der Waals surface area (Å²) in [5.74, 6) is -0.895. The number of halogens is 5. The fourth-order valence-corrected chi connectivity index (χ4v) is 4.42. The Balaban J connectivity index is 1.62. The van der Waals surface area contributed by atoms with Gasteiger partial charge in [0, 0.05) is 29.8 Å². The summed E-state index contributed by atoms with van der Waals surface area (Å²) in [5.41, 5.74) is -2.27. The Morgan fingerprint density at radius 2 is 1.89 bits per heavy atom. The minimum atomic E-state index is -4.82. The lowest BCUT2D eigenvalue weighted by Gasteiger charge is -2.37. The Morgan fingerprint density at radius 3 is 2.54 bits per heavy atom. The highest BCUT2D eigenvalue weighted by Crippen LogP contribution is 2.33. The van der Waals surface area contributed by atoms with Crippen molar-refractivity contribution in [3.05, 3.63) is 84.7 Å². The Hall–Kier alpha value is -3.22. The van der Waals surface area contributed by atoms with Crippen LogP contribution in [0.25, 0.3) is 5.82 Å². The Labute approximate surface area is 217 Å². The normalized spacial score (nSPS) is 18.0. The zero-order valence-electron chi connectivity index (χ0n) is 19.1. The maximum Gasteiger partial charge on any atom is 0.406 e. The van der Waals surface area contributed by atoms with Gasteiger partial charge in [-0.05, 0) is 36.6 Å². The molecule has 9 nitrogen and oxygen atoms in total. The highest BCUT2D eigenvalue weighted by molar-refractivity contribution is 6.33. The van der Waals surface area contributed by atoms with E-state index in [9.17, 15) is 27.6 Å². The van der Waals surface area contributed by atoms with Crippen molar-refractivity contribution in [3.63, 3.8) is 0 Å². The van der Waals surface area contributed by atoms with E-state index < -0.39 is 35.3 Å². The quantitative estimate of drug-likeness (QED) is 0.499. The second-order valence-corrected chi connectivity index (χ2v) is 9.37. The zero-order chi connectivity index (χ0) is 26.8. The van der Waals surface area contributed by atoms with Gasteiger partial charge in [-0.25, -0.2) is 14.3 Å². The number of nitrogens with zero attached hydrogens (tertiary/aromatic N) is 4. The van der Waals surface area contributed by atoms with Crippen molar-refractivity contribution in [1.29, 1.82) is 0 Å². The summed E-state index contributed by atoms with van der Waals surface area (Å²) < 4.78 is 44.7. The number of hydrogen-bond donors (Lipinski definition) is 1. The highest BCUT2D eigenvalue weighted by Gasteiger charge is 2.35. The van der Waals surface area contributed by atoms with Gasteiger partial charge in [-0.1, -0.05) is 35.3 Å². The molecule has 1 saturated heterocycles. The van der Waals surface area contributed by atoms with Crippen LogP contribution >= 0.6 is 23.2 Å². The van der Waals surface area contributed by atoms with Crippen LogP contribution in [0.1, 0.15) is 28.8 Å². The number of pyridine rings is 1. The summed E-state index contributed by atoms with van der Waals surface area (Å²) >= 11 is 12.2. The molecule has 4 rings (SSSR count). The standard InChI is InChI=1S/C23H20Cl2F3N5O4/c24-15-4-2-14(3-5-15)22(6-1-7-37-13-22)11-30-20(35)16-8-18(29-9-17(16)25)33-21(36)32(12-23(26,27)28)19(34)10-31-33/h2-5,8-10H,1,6-7,11-13H2,(H,30,35). The van der Waals surface area contributed by atoms with E-state index in [0.29, 0.717) is 29.1 Å². The fourth-order valence-electron chi connectivity index (χ4n) is 4.10. The van der Waals surface area contributed by atoms with Crippen molar-refractivity contribution in [2.75, 3.05) is 19.8 Å². The third-order valence-corrected chi connectivity index (χ3v) is 6.52. The van der Waals surface area contributed by atoms with Crippen LogP contribution in [-0.2, 0) is 16.7 Å². The highest BCUT2D eigenvalue weighted by atomic mass is 35.5. The molecule has 196 valence electrons. The molecule has 0 aliphatic carbocycles. The minimum absolute atomic E-state index is 0.0258. The van der Waals surface area contributed by atoms with Crippen molar-refractivity contribution in [2.24, 2.45) is 0 Å². The molecule has 37 heavy (non-hydrogen) atoms. The Bertz CT molecular complexity index is 1420. The molecule has 0 radical (unpaired) electrons. The number of carbonyl (C=O) groups excluding carboxylic acids is 1. The van der Waals surface area contributed by atoms with Gasteiger partial charge in [-0.3, -0.25) is 9.59 Å². The van der Waals surface area contributed by atoms with Gasteiger partial charge in [-0.15, -0.1) is 0 Å². The van der Waals surface area contributed by atoms with E-state index in [1.807, 2.05) is 12.1 Å². The van der Waals surface area contributed by atoms with Gasteiger partial charge in [0.1, 0.15) is 12.7 Å². The number of alkyl halides is 3. The van der Waals surface area contributed by atoms with E-state index in [1.165, 1.54) is 0 Å². The predicted octanol–water partition coefficient (Wildman–Crippen LogP) is 3.14. The van der Waals surface area contributed by atoms with Gasteiger partial charge < -0.3 is 10.1 Å². The number of nitrogens with one attached hydrogen (secondary N) is 1. The number of amides is 1. The monoisotopic (exact) mass is 557 g/mol. The smallest absolute Gasteiger partial charge is 0.380 e. The number of hydrogen-bond acceptors (Lipinski definition) is 6. The minimum Gasteiger partial charge on any atom is -0.380 e. The average molecular weight is 558 g/mol. The first-order valence-electron chi connectivity index (χ1n) is 11.0. The average Bonchev–Trinajstić information content (AvgIpc) is 2.86. The maximum atomic E-state index is 13.1. The van der Waals surface area contributed by atoms with Gasteiger partial charge >= 0.3 is 11.9 Å². The lowest BCUT2D eigenvalue weighted by molar-refractivity contribution is -0.142. The largest absolute Gasteiger partial charge is 0.406 e. The topological polar surface area (TPSA) is 108 Å². The van der Waals surface area contributed by atoms with Crippen LogP contribution in [0.2, 0.25) is 10.0 Å². The molecule has 1 fully saturated rings. The Morgan fingerprint density at radius 1 is 1.16 bits per heavy atom.